The van der Waals surface area contributed by atoms with Gasteiger partial charge in [-0.2, -0.15) is 5.10 Å². The Balaban J connectivity index is 1.29. The Morgan fingerprint density at radius 1 is 1.18 bits per heavy atom. The Morgan fingerprint density at radius 3 is 2.76 bits per heavy atom. The van der Waals surface area contributed by atoms with Gasteiger partial charge in [0.15, 0.2) is 0 Å². The molecule has 2 aliphatic rings. The molecule has 0 aliphatic carbocycles. The van der Waals surface area contributed by atoms with Gasteiger partial charge in [-0.05, 0) is 55.3 Å². The molecule has 3 aromatic rings. The summed E-state index contributed by atoms with van der Waals surface area (Å²) < 4.78 is 5.87. The van der Waals surface area contributed by atoms with Gasteiger partial charge < -0.3 is 20.1 Å². The third kappa shape index (κ3) is 4.74. The zero-order valence-electron chi connectivity index (χ0n) is 19.9. The molecule has 0 bridgehead atoms. The number of carbonyl (C=O) groups excluding carboxylic acids is 1. The maximum Gasteiger partial charge on any atom is 0.258 e. The highest BCUT2D eigenvalue weighted by Gasteiger charge is 2.27. The number of carbonyl (C=O) groups is 1. The van der Waals surface area contributed by atoms with Gasteiger partial charge in [0.25, 0.3) is 5.91 Å². The summed E-state index contributed by atoms with van der Waals surface area (Å²) in [6.07, 6.45) is 2.43. The second-order valence-corrected chi connectivity index (χ2v) is 9.62. The third-order valence-corrected chi connectivity index (χ3v) is 6.67. The summed E-state index contributed by atoms with van der Waals surface area (Å²) in [7, 11) is 0. The number of fused-ring (bicyclic) bond motifs is 2. The molecule has 1 amide bonds. The monoisotopic (exact) mass is 463 g/mol. The number of aromatic amines is 1. The summed E-state index contributed by atoms with van der Waals surface area (Å²) in [4.78, 5) is 17.6. The van der Waals surface area contributed by atoms with Gasteiger partial charge in [0, 0.05) is 43.7 Å². The van der Waals surface area contributed by atoms with Gasteiger partial charge in [0.1, 0.15) is 18.1 Å². The number of ether oxygens (including phenoxy) is 1. The molecule has 2 aliphatic heterocycles. The van der Waals surface area contributed by atoms with Crippen molar-refractivity contribution in [3.05, 3.63) is 52.7 Å². The molecular weight excluding hydrogens is 430 g/mol. The van der Waals surface area contributed by atoms with Crippen LogP contribution in [0.25, 0.3) is 10.9 Å². The minimum absolute atomic E-state index is 0.0330. The van der Waals surface area contributed by atoms with Crippen molar-refractivity contribution in [2.45, 2.75) is 52.4 Å². The van der Waals surface area contributed by atoms with Crippen molar-refractivity contribution in [1.29, 1.82) is 0 Å². The predicted octanol–water partition coefficient (Wildman–Crippen LogP) is 3.40. The molecule has 1 aromatic heterocycles. The number of rotatable bonds is 8. The van der Waals surface area contributed by atoms with E-state index >= 15 is 0 Å². The second-order valence-electron chi connectivity index (χ2n) is 9.62. The standard InChI is InChI=1S/C26H33N5O3/c1-17(2)27-7-10-34-20-6-5-18-14-31(15-19(18)11-20)26(33)22-12-21-23(13-25(22)32)28-29-24(21)16-30-8-3-4-9-30/h5-6,11-13,17,27,32H,3-4,7-10,14-16H2,1-2H3,(H,28,29). The van der Waals surface area contributed by atoms with Crippen molar-refractivity contribution < 1.29 is 14.6 Å². The first-order valence-corrected chi connectivity index (χ1v) is 12.2. The van der Waals surface area contributed by atoms with E-state index in [2.05, 4.69) is 34.3 Å². The van der Waals surface area contributed by atoms with Crippen LogP contribution in [0, 0.1) is 0 Å². The lowest BCUT2D eigenvalue weighted by molar-refractivity contribution is 0.0748. The van der Waals surface area contributed by atoms with Crippen LogP contribution in [0.5, 0.6) is 11.5 Å². The lowest BCUT2D eigenvalue weighted by Gasteiger charge is -2.17. The summed E-state index contributed by atoms with van der Waals surface area (Å²) in [6, 6.07) is 9.82. The number of H-pyrrole nitrogens is 1. The fourth-order valence-electron chi connectivity index (χ4n) is 4.85. The maximum absolute atomic E-state index is 13.4. The molecule has 3 heterocycles. The first kappa shape index (κ1) is 22.7. The Bertz CT molecular complexity index is 1180. The van der Waals surface area contributed by atoms with E-state index in [-0.39, 0.29) is 11.7 Å². The van der Waals surface area contributed by atoms with Crippen LogP contribution < -0.4 is 10.1 Å². The highest BCUT2D eigenvalue weighted by atomic mass is 16.5. The number of nitrogens with zero attached hydrogens (tertiary/aromatic N) is 3. The van der Waals surface area contributed by atoms with E-state index in [4.69, 9.17) is 4.74 Å². The minimum atomic E-state index is -0.174. The second kappa shape index (κ2) is 9.64. The van der Waals surface area contributed by atoms with Gasteiger partial charge in [0.2, 0.25) is 0 Å². The molecule has 8 nitrogen and oxygen atoms in total. The Kier molecular flexibility index (Phi) is 6.43. The normalized spacial score (nSPS) is 16.0. The molecule has 1 saturated heterocycles. The van der Waals surface area contributed by atoms with E-state index in [1.54, 1.807) is 17.0 Å². The van der Waals surface area contributed by atoms with E-state index < -0.39 is 0 Å². The zero-order valence-corrected chi connectivity index (χ0v) is 19.9. The van der Waals surface area contributed by atoms with Crippen molar-refractivity contribution in [1.82, 2.24) is 25.3 Å². The number of phenols is 1. The quantitative estimate of drug-likeness (QED) is 0.444. The van der Waals surface area contributed by atoms with E-state index in [0.717, 1.165) is 54.1 Å². The average molecular weight is 464 g/mol. The van der Waals surface area contributed by atoms with Crippen LogP contribution in [-0.4, -0.2) is 63.3 Å². The highest BCUT2D eigenvalue weighted by Crippen LogP contribution is 2.32. The Hall–Kier alpha value is -3.10. The number of phenolic OH excluding ortho intramolecular Hbond substituents is 1. The molecule has 0 radical (unpaired) electrons. The van der Waals surface area contributed by atoms with E-state index in [1.807, 2.05) is 18.2 Å². The molecule has 0 saturated carbocycles. The van der Waals surface area contributed by atoms with Crippen molar-refractivity contribution >= 4 is 16.8 Å². The lowest BCUT2D eigenvalue weighted by atomic mass is 10.1. The topological polar surface area (TPSA) is 93.7 Å². The van der Waals surface area contributed by atoms with Gasteiger partial charge in [0.05, 0.1) is 16.8 Å². The summed E-state index contributed by atoms with van der Waals surface area (Å²) in [5.41, 5.74) is 4.19. The molecule has 5 rings (SSSR count). The smallest absolute Gasteiger partial charge is 0.258 e. The first-order valence-electron chi connectivity index (χ1n) is 12.2. The molecule has 2 aromatic carbocycles. The van der Waals surface area contributed by atoms with Crippen LogP contribution in [0.15, 0.2) is 30.3 Å². The molecule has 8 heteroatoms. The molecule has 1 fully saturated rings. The minimum Gasteiger partial charge on any atom is -0.507 e. The number of aromatic hydroxyl groups is 1. The van der Waals surface area contributed by atoms with Gasteiger partial charge >= 0.3 is 0 Å². The largest absolute Gasteiger partial charge is 0.507 e. The highest BCUT2D eigenvalue weighted by molar-refractivity contribution is 6.01. The van der Waals surface area contributed by atoms with Crippen LogP contribution in [0.4, 0.5) is 0 Å². The Morgan fingerprint density at radius 2 is 1.97 bits per heavy atom. The SMILES string of the molecule is CC(C)NCCOc1ccc2c(c1)CN(C(=O)c1cc3c(CN4CCCC4)[nH]nc3cc1O)C2. The first-order chi connectivity index (χ1) is 16.5. The summed E-state index contributed by atoms with van der Waals surface area (Å²) in [6.45, 7) is 9.56. The Labute approximate surface area is 199 Å². The fraction of sp³-hybridized carbons (Fsp3) is 0.462. The summed E-state index contributed by atoms with van der Waals surface area (Å²) in [5.74, 6) is 0.606. The van der Waals surface area contributed by atoms with Crippen molar-refractivity contribution in [2.24, 2.45) is 0 Å². The van der Waals surface area contributed by atoms with Gasteiger partial charge in [-0.1, -0.05) is 19.9 Å². The summed E-state index contributed by atoms with van der Waals surface area (Å²) >= 11 is 0. The van der Waals surface area contributed by atoms with Crippen molar-refractivity contribution in [3.63, 3.8) is 0 Å². The van der Waals surface area contributed by atoms with Crippen LogP contribution in [0.3, 0.4) is 0 Å². The number of benzene rings is 2. The molecule has 34 heavy (non-hydrogen) atoms. The number of likely N-dealkylation sites (tertiary alicyclic amines) is 1. The average Bonchev–Trinajstić information content (AvgIpc) is 3.56. The van der Waals surface area contributed by atoms with E-state index in [1.165, 1.54) is 12.8 Å². The van der Waals surface area contributed by atoms with E-state index in [0.29, 0.717) is 36.8 Å². The van der Waals surface area contributed by atoms with Crippen LogP contribution in [0.2, 0.25) is 0 Å². The molecular formula is C26H33N5O3. The van der Waals surface area contributed by atoms with Gasteiger partial charge in [-0.15, -0.1) is 0 Å². The number of aromatic nitrogens is 2. The van der Waals surface area contributed by atoms with Gasteiger partial charge in [-0.3, -0.25) is 14.8 Å². The molecule has 0 unspecified atom stereocenters. The number of amides is 1. The van der Waals surface area contributed by atoms with Gasteiger partial charge in [-0.25, -0.2) is 0 Å². The number of nitrogens with one attached hydrogen (secondary N) is 2. The van der Waals surface area contributed by atoms with E-state index in [9.17, 15) is 9.90 Å². The molecule has 0 atom stereocenters. The predicted molar refractivity (Wildman–Crippen MR) is 131 cm³/mol. The number of hydrogen-bond acceptors (Lipinski definition) is 6. The number of hydrogen-bond donors (Lipinski definition) is 3. The van der Waals surface area contributed by atoms with Crippen LogP contribution in [0.1, 0.15) is 53.9 Å². The third-order valence-electron chi connectivity index (χ3n) is 6.67. The van der Waals surface area contributed by atoms with Crippen LogP contribution >= 0.6 is 0 Å². The maximum atomic E-state index is 13.4. The zero-order chi connectivity index (χ0) is 23.7. The molecule has 3 N–H and O–H groups in total. The molecule has 0 spiro atoms. The summed E-state index contributed by atoms with van der Waals surface area (Å²) in [5, 5.41) is 22.3. The fourth-order valence-corrected chi connectivity index (χ4v) is 4.85. The van der Waals surface area contributed by atoms with Crippen molar-refractivity contribution in [3.8, 4) is 11.5 Å². The van der Waals surface area contributed by atoms with Crippen LogP contribution in [-0.2, 0) is 19.6 Å². The lowest BCUT2D eigenvalue weighted by Crippen LogP contribution is -2.27. The molecule has 180 valence electrons. The van der Waals surface area contributed by atoms with Crippen molar-refractivity contribution in [2.75, 3.05) is 26.2 Å².